The summed E-state index contributed by atoms with van der Waals surface area (Å²) in [6, 6.07) is 7.68. The van der Waals surface area contributed by atoms with Crippen LogP contribution in [-0.2, 0) is 14.8 Å². The summed E-state index contributed by atoms with van der Waals surface area (Å²) in [6.45, 7) is 6.23. The first-order valence-corrected chi connectivity index (χ1v) is 11.7. The van der Waals surface area contributed by atoms with Crippen molar-refractivity contribution in [3.8, 4) is 0 Å². The minimum absolute atomic E-state index is 0.0284. The fourth-order valence-corrected chi connectivity index (χ4v) is 5.82. The minimum Gasteiger partial charge on any atom is -0.480 e. The molecule has 1 rings (SSSR count). The Balaban J connectivity index is 2.84. The molecule has 20 heavy (non-hydrogen) atoms. The van der Waals surface area contributed by atoms with Crippen LogP contribution in [0.4, 0.5) is 0 Å². The van der Waals surface area contributed by atoms with Crippen molar-refractivity contribution in [2.75, 3.05) is 5.75 Å². The molecule has 0 spiro atoms. The predicted molar refractivity (Wildman–Crippen MR) is 81.9 cm³/mol. The van der Waals surface area contributed by atoms with Gasteiger partial charge in [0.15, 0.2) is 0 Å². The Kier molecular flexibility index (Phi) is 5.49. The molecule has 1 aromatic carbocycles. The van der Waals surface area contributed by atoms with E-state index in [1.165, 1.54) is 0 Å². The molecule has 1 atom stereocenters. The highest BCUT2D eigenvalue weighted by molar-refractivity contribution is 7.89. The maximum atomic E-state index is 12.0. The summed E-state index contributed by atoms with van der Waals surface area (Å²) in [5, 5.41) is 9.20. The van der Waals surface area contributed by atoms with Crippen LogP contribution in [0.1, 0.15) is 11.6 Å². The Morgan fingerprint density at radius 3 is 2.25 bits per heavy atom. The van der Waals surface area contributed by atoms with Gasteiger partial charge in [-0.2, -0.15) is 4.72 Å². The Morgan fingerprint density at radius 2 is 1.80 bits per heavy atom. The van der Waals surface area contributed by atoms with Crippen LogP contribution >= 0.6 is 0 Å². The topological polar surface area (TPSA) is 83.5 Å². The van der Waals surface area contributed by atoms with Crippen LogP contribution in [-0.4, -0.2) is 33.3 Å². The molecule has 112 valence electrons. The van der Waals surface area contributed by atoms with Gasteiger partial charge in [0.25, 0.3) is 0 Å². The predicted octanol–water partition coefficient (Wildman–Crippen LogP) is 2.07. The second-order valence-corrected chi connectivity index (χ2v) is 13.4. The number of carbonyl (C=O) groups is 1. The second kappa shape index (κ2) is 6.51. The molecule has 7 heteroatoms. The van der Waals surface area contributed by atoms with Crippen molar-refractivity contribution < 1.29 is 18.3 Å². The molecule has 0 aliphatic rings. The van der Waals surface area contributed by atoms with Crippen molar-refractivity contribution in [3.63, 3.8) is 0 Å². The maximum absolute atomic E-state index is 12.0. The Bertz CT molecular complexity index is 551. The molecular weight excluding hydrogens is 294 g/mol. The van der Waals surface area contributed by atoms with Crippen molar-refractivity contribution in [2.45, 2.75) is 31.7 Å². The molecule has 2 N–H and O–H groups in total. The molecule has 0 saturated carbocycles. The minimum atomic E-state index is -3.60. The van der Waals surface area contributed by atoms with E-state index < -0.39 is 30.1 Å². The lowest BCUT2D eigenvalue weighted by Crippen LogP contribution is -2.37. The lowest BCUT2D eigenvalue weighted by molar-refractivity contribution is -0.139. The van der Waals surface area contributed by atoms with Gasteiger partial charge in [0.1, 0.15) is 6.04 Å². The molecule has 0 saturated heterocycles. The smallest absolute Gasteiger partial charge is 0.326 e. The second-order valence-electron chi connectivity index (χ2n) is 5.93. The third-order valence-electron chi connectivity index (χ3n) is 2.80. The summed E-state index contributed by atoms with van der Waals surface area (Å²) in [5.74, 6) is -1.23. The number of carboxylic acids is 1. The van der Waals surface area contributed by atoms with Crippen molar-refractivity contribution in [3.05, 3.63) is 35.9 Å². The van der Waals surface area contributed by atoms with Gasteiger partial charge in [-0.1, -0.05) is 50.0 Å². The van der Waals surface area contributed by atoms with E-state index in [9.17, 15) is 18.3 Å². The third-order valence-corrected chi connectivity index (χ3v) is 6.25. The zero-order valence-corrected chi connectivity index (χ0v) is 13.8. The van der Waals surface area contributed by atoms with E-state index in [0.717, 1.165) is 0 Å². The van der Waals surface area contributed by atoms with Crippen LogP contribution in [0.25, 0.3) is 0 Å². The molecule has 0 bridgehead atoms. The number of rotatable bonds is 7. The highest BCUT2D eigenvalue weighted by Crippen LogP contribution is 2.16. The van der Waals surface area contributed by atoms with E-state index in [0.29, 0.717) is 11.6 Å². The monoisotopic (exact) mass is 315 g/mol. The summed E-state index contributed by atoms with van der Waals surface area (Å²) < 4.78 is 26.3. The maximum Gasteiger partial charge on any atom is 0.326 e. The van der Waals surface area contributed by atoms with Gasteiger partial charge in [-0.05, 0) is 11.6 Å². The number of aliphatic carboxylic acids is 1. The molecule has 0 aliphatic heterocycles. The van der Waals surface area contributed by atoms with E-state index in [-0.39, 0.29) is 5.75 Å². The van der Waals surface area contributed by atoms with Gasteiger partial charge >= 0.3 is 5.97 Å². The molecule has 0 amide bonds. The van der Waals surface area contributed by atoms with Gasteiger partial charge < -0.3 is 5.11 Å². The van der Waals surface area contributed by atoms with Crippen LogP contribution in [0, 0.1) is 0 Å². The highest BCUT2D eigenvalue weighted by atomic mass is 32.2. The van der Waals surface area contributed by atoms with Crippen molar-refractivity contribution in [1.29, 1.82) is 0 Å². The summed E-state index contributed by atoms with van der Waals surface area (Å²) in [6.07, 6.45) is 0. The molecule has 0 heterocycles. The number of benzene rings is 1. The normalized spacial score (nSPS) is 13.9. The first-order chi connectivity index (χ1) is 9.11. The lowest BCUT2D eigenvalue weighted by atomic mass is 10.1. The number of nitrogens with one attached hydrogen (secondary N) is 1. The molecule has 0 radical (unpaired) electrons. The number of hydrogen-bond donors (Lipinski definition) is 2. The molecule has 0 aromatic heterocycles. The first-order valence-electron chi connectivity index (χ1n) is 6.38. The number of hydrogen-bond acceptors (Lipinski definition) is 3. The zero-order valence-electron chi connectivity index (χ0n) is 12.0. The summed E-state index contributed by atoms with van der Waals surface area (Å²) >= 11 is 0. The Morgan fingerprint density at radius 1 is 1.25 bits per heavy atom. The van der Waals surface area contributed by atoms with Gasteiger partial charge in [0, 0.05) is 8.07 Å². The van der Waals surface area contributed by atoms with E-state index in [1.807, 2.05) is 0 Å². The highest BCUT2D eigenvalue weighted by Gasteiger charge is 2.27. The zero-order chi connectivity index (χ0) is 15.4. The molecule has 1 unspecified atom stereocenters. The fraction of sp³-hybridized carbons (Fsp3) is 0.462. The average Bonchev–Trinajstić information content (AvgIpc) is 2.34. The van der Waals surface area contributed by atoms with Crippen molar-refractivity contribution in [2.24, 2.45) is 0 Å². The van der Waals surface area contributed by atoms with Gasteiger partial charge in [-0.25, -0.2) is 8.42 Å². The first kappa shape index (κ1) is 16.9. The quantitative estimate of drug-likeness (QED) is 0.755. The Labute approximate surface area is 121 Å². The van der Waals surface area contributed by atoms with E-state index in [4.69, 9.17) is 0 Å². The summed E-state index contributed by atoms with van der Waals surface area (Å²) in [5.41, 5.74) is 0.427. The molecular formula is C13H21NO4SSi. The number of carboxylic acid groups (broad SMARTS) is 1. The lowest BCUT2D eigenvalue weighted by Gasteiger charge is -2.18. The molecule has 0 fully saturated rings. The average molecular weight is 315 g/mol. The fourth-order valence-electron chi connectivity index (χ4n) is 1.59. The summed E-state index contributed by atoms with van der Waals surface area (Å²) in [7, 11) is -5.09. The van der Waals surface area contributed by atoms with Gasteiger partial charge in [0.05, 0.1) is 5.75 Å². The van der Waals surface area contributed by atoms with Crippen LogP contribution < -0.4 is 4.72 Å². The van der Waals surface area contributed by atoms with E-state index in [2.05, 4.69) is 24.4 Å². The third kappa shape index (κ3) is 5.85. The molecule has 5 nitrogen and oxygen atoms in total. The SMILES string of the molecule is C[Si](C)(C)CCS(=O)(=O)NC(C(=O)O)c1ccccc1. The molecule has 0 aliphatic carbocycles. The van der Waals surface area contributed by atoms with Gasteiger partial charge in [-0.15, -0.1) is 0 Å². The van der Waals surface area contributed by atoms with E-state index in [1.54, 1.807) is 30.3 Å². The Hall–Kier alpha value is -1.18. The van der Waals surface area contributed by atoms with Gasteiger partial charge in [0.2, 0.25) is 10.0 Å². The van der Waals surface area contributed by atoms with Crippen molar-refractivity contribution >= 4 is 24.1 Å². The van der Waals surface area contributed by atoms with Gasteiger partial charge in [-0.3, -0.25) is 4.79 Å². The van der Waals surface area contributed by atoms with Crippen LogP contribution in [0.2, 0.25) is 25.7 Å². The largest absolute Gasteiger partial charge is 0.480 e. The summed E-state index contributed by atoms with van der Waals surface area (Å²) in [4.78, 5) is 11.3. The van der Waals surface area contributed by atoms with Crippen LogP contribution in [0.5, 0.6) is 0 Å². The van der Waals surface area contributed by atoms with Crippen molar-refractivity contribution in [1.82, 2.24) is 4.72 Å². The molecule has 1 aromatic rings. The van der Waals surface area contributed by atoms with Crippen LogP contribution in [0.15, 0.2) is 30.3 Å². The standard InChI is InChI=1S/C13H21NO4SSi/c1-20(2,3)10-9-19(17,18)14-12(13(15)16)11-7-5-4-6-8-11/h4-8,12,14H,9-10H2,1-3H3,(H,15,16). The van der Waals surface area contributed by atoms with E-state index >= 15 is 0 Å². The van der Waals surface area contributed by atoms with Crippen LogP contribution in [0.3, 0.4) is 0 Å². The number of sulfonamides is 1.